The van der Waals surface area contributed by atoms with E-state index in [1.54, 1.807) is 12.1 Å². The van der Waals surface area contributed by atoms with Gasteiger partial charge in [0.2, 0.25) is 0 Å². The number of nitrogens with zero attached hydrogens (tertiary/aromatic N) is 1. The molecular formula is C14H19NO3. The predicted octanol–water partition coefficient (Wildman–Crippen LogP) is 1.94. The Hall–Kier alpha value is -1.26. The molecule has 0 aromatic heterocycles. The molecule has 1 fully saturated rings. The molecule has 0 saturated carbocycles. The van der Waals surface area contributed by atoms with Crippen molar-refractivity contribution in [2.24, 2.45) is 0 Å². The Balaban J connectivity index is 1.99. The second-order valence-corrected chi connectivity index (χ2v) is 4.85. The third kappa shape index (κ3) is 1.95. The van der Waals surface area contributed by atoms with Gasteiger partial charge in [-0.15, -0.1) is 0 Å². The van der Waals surface area contributed by atoms with Crippen molar-refractivity contribution < 1.29 is 14.6 Å². The Labute approximate surface area is 107 Å². The number of rotatable bonds is 1. The summed E-state index contributed by atoms with van der Waals surface area (Å²) in [6.45, 7) is 5.63. The van der Waals surface area contributed by atoms with Gasteiger partial charge in [0.1, 0.15) is 17.6 Å². The average molecular weight is 249 g/mol. The lowest BCUT2D eigenvalue weighted by Gasteiger charge is -2.39. The fraction of sp³-hybridized carbons (Fsp3) is 0.571. The molecule has 0 bridgehead atoms. The summed E-state index contributed by atoms with van der Waals surface area (Å²) in [4.78, 5) is 2.44. The second kappa shape index (κ2) is 4.78. The molecule has 4 nitrogen and oxygen atoms in total. The Morgan fingerprint density at radius 2 is 2.28 bits per heavy atom. The van der Waals surface area contributed by atoms with Crippen LogP contribution in [0.4, 0.5) is 0 Å². The highest BCUT2D eigenvalue weighted by atomic mass is 16.5. The van der Waals surface area contributed by atoms with E-state index in [-0.39, 0.29) is 11.9 Å². The van der Waals surface area contributed by atoms with Gasteiger partial charge in [0.15, 0.2) is 0 Å². The highest BCUT2D eigenvalue weighted by Crippen LogP contribution is 2.39. The first-order valence-corrected chi connectivity index (χ1v) is 6.61. The molecule has 2 heterocycles. The smallest absolute Gasteiger partial charge is 0.125 e. The fourth-order valence-corrected chi connectivity index (χ4v) is 2.97. The van der Waals surface area contributed by atoms with E-state index in [9.17, 15) is 5.11 Å². The van der Waals surface area contributed by atoms with E-state index in [4.69, 9.17) is 9.47 Å². The van der Waals surface area contributed by atoms with Crippen molar-refractivity contribution in [2.45, 2.75) is 25.5 Å². The summed E-state index contributed by atoms with van der Waals surface area (Å²) in [6, 6.07) is 5.63. The van der Waals surface area contributed by atoms with Crippen molar-refractivity contribution in [3.63, 3.8) is 0 Å². The summed E-state index contributed by atoms with van der Waals surface area (Å²) >= 11 is 0. The molecule has 3 rings (SSSR count). The first-order chi connectivity index (χ1) is 8.79. The maximum Gasteiger partial charge on any atom is 0.125 e. The van der Waals surface area contributed by atoms with Crippen LogP contribution in [0, 0.1) is 0 Å². The molecule has 18 heavy (non-hydrogen) atoms. The van der Waals surface area contributed by atoms with Crippen molar-refractivity contribution in [1.29, 1.82) is 0 Å². The number of phenolic OH excluding ortho intramolecular Hbond substituents is 1. The van der Waals surface area contributed by atoms with Gasteiger partial charge in [-0.05, 0) is 31.2 Å². The summed E-state index contributed by atoms with van der Waals surface area (Å²) < 4.78 is 11.7. The molecule has 0 amide bonds. The highest BCUT2D eigenvalue weighted by molar-refractivity contribution is 5.42. The topological polar surface area (TPSA) is 41.9 Å². The van der Waals surface area contributed by atoms with Gasteiger partial charge in [0, 0.05) is 18.2 Å². The maximum absolute atomic E-state index is 9.67. The van der Waals surface area contributed by atoms with Crippen LogP contribution in [0.2, 0.25) is 0 Å². The summed E-state index contributed by atoms with van der Waals surface area (Å²) in [7, 11) is 0. The number of likely N-dealkylation sites (N-methyl/N-ethyl adjacent to an activating group) is 1. The zero-order valence-electron chi connectivity index (χ0n) is 10.6. The summed E-state index contributed by atoms with van der Waals surface area (Å²) in [5.74, 6) is 1.12. The largest absolute Gasteiger partial charge is 0.508 e. The zero-order chi connectivity index (χ0) is 12.5. The van der Waals surface area contributed by atoms with Crippen LogP contribution in [-0.4, -0.2) is 42.4 Å². The molecule has 0 aliphatic carbocycles. The molecule has 2 aliphatic rings. The van der Waals surface area contributed by atoms with E-state index in [0.29, 0.717) is 12.6 Å². The number of morpholine rings is 1. The van der Waals surface area contributed by atoms with E-state index in [1.165, 1.54) is 0 Å². The number of ether oxygens (including phenoxy) is 2. The van der Waals surface area contributed by atoms with Crippen molar-refractivity contribution in [3.05, 3.63) is 23.8 Å². The molecule has 98 valence electrons. The Morgan fingerprint density at radius 3 is 3.11 bits per heavy atom. The number of phenols is 1. The van der Waals surface area contributed by atoms with Gasteiger partial charge in [0.05, 0.1) is 13.2 Å². The van der Waals surface area contributed by atoms with E-state index in [0.717, 1.165) is 37.4 Å². The molecular weight excluding hydrogens is 230 g/mol. The zero-order valence-corrected chi connectivity index (χ0v) is 10.6. The molecule has 4 heteroatoms. The van der Waals surface area contributed by atoms with Crippen LogP contribution in [-0.2, 0) is 4.74 Å². The van der Waals surface area contributed by atoms with E-state index < -0.39 is 0 Å². The van der Waals surface area contributed by atoms with Crippen LogP contribution in [0.15, 0.2) is 18.2 Å². The van der Waals surface area contributed by atoms with Gasteiger partial charge in [-0.1, -0.05) is 6.92 Å². The van der Waals surface area contributed by atoms with Crippen LogP contribution in [0.5, 0.6) is 11.5 Å². The minimum Gasteiger partial charge on any atom is -0.508 e. The molecule has 1 aromatic carbocycles. The number of aromatic hydroxyl groups is 1. The van der Waals surface area contributed by atoms with Gasteiger partial charge in [-0.2, -0.15) is 0 Å². The predicted molar refractivity (Wildman–Crippen MR) is 67.9 cm³/mol. The fourth-order valence-electron chi connectivity index (χ4n) is 2.97. The number of hydrogen-bond donors (Lipinski definition) is 1. The summed E-state index contributed by atoms with van der Waals surface area (Å²) in [6.07, 6.45) is 0.983. The molecule has 0 spiro atoms. The van der Waals surface area contributed by atoms with Crippen LogP contribution in [0.3, 0.4) is 0 Å². The normalized spacial score (nSPS) is 27.8. The lowest BCUT2D eigenvalue weighted by atomic mass is 9.97. The third-order valence-electron chi connectivity index (χ3n) is 3.87. The first-order valence-electron chi connectivity index (χ1n) is 6.61. The van der Waals surface area contributed by atoms with Crippen molar-refractivity contribution >= 4 is 0 Å². The van der Waals surface area contributed by atoms with Crippen molar-refractivity contribution in [1.82, 2.24) is 4.90 Å². The monoisotopic (exact) mass is 249 g/mol. The number of benzene rings is 1. The minimum absolute atomic E-state index is 0.0169. The molecule has 0 unspecified atom stereocenters. The Kier molecular flexibility index (Phi) is 3.14. The molecule has 1 aromatic rings. The lowest BCUT2D eigenvalue weighted by Crippen LogP contribution is -2.46. The van der Waals surface area contributed by atoms with Crippen LogP contribution in [0.25, 0.3) is 0 Å². The van der Waals surface area contributed by atoms with Crippen LogP contribution < -0.4 is 4.74 Å². The molecule has 2 aliphatic heterocycles. The molecule has 2 atom stereocenters. The van der Waals surface area contributed by atoms with Crippen LogP contribution in [0.1, 0.15) is 25.0 Å². The maximum atomic E-state index is 9.67. The van der Waals surface area contributed by atoms with Gasteiger partial charge in [0.25, 0.3) is 0 Å². The second-order valence-electron chi connectivity index (χ2n) is 4.85. The van der Waals surface area contributed by atoms with Gasteiger partial charge in [-0.25, -0.2) is 0 Å². The highest BCUT2D eigenvalue weighted by Gasteiger charge is 2.36. The van der Waals surface area contributed by atoms with Gasteiger partial charge in [-0.3, -0.25) is 4.90 Å². The third-order valence-corrected chi connectivity index (χ3v) is 3.87. The van der Waals surface area contributed by atoms with Gasteiger partial charge < -0.3 is 14.6 Å². The van der Waals surface area contributed by atoms with Gasteiger partial charge >= 0.3 is 0 Å². The average Bonchev–Trinajstić information content (AvgIpc) is 2.57. The standard InChI is InChI=1S/C14H19NO3/c1-2-15-6-8-18-14-11-9-10(16)3-4-13(11)17-7-5-12(14)15/h3-4,9,12,14,16H,2,5-8H2,1H3/t12-,14-/m1/s1. The summed E-state index contributed by atoms with van der Waals surface area (Å²) in [5, 5.41) is 9.67. The van der Waals surface area contributed by atoms with E-state index in [2.05, 4.69) is 11.8 Å². The number of hydrogen-bond acceptors (Lipinski definition) is 4. The van der Waals surface area contributed by atoms with Crippen molar-refractivity contribution in [2.75, 3.05) is 26.3 Å². The van der Waals surface area contributed by atoms with Crippen LogP contribution >= 0.6 is 0 Å². The quantitative estimate of drug-likeness (QED) is 0.826. The molecule has 0 radical (unpaired) electrons. The first kappa shape index (κ1) is 11.8. The SMILES string of the molecule is CCN1CCO[C@@H]2c3cc(O)ccc3OCC[C@H]21. The number of fused-ring (bicyclic) bond motifs is 3. The molecule has 1 N–H and O–H groups in total. The lowest BCUT2D eigenvalue weighted by molar-refractivity contribution is -0.0725. The minimum atomic E-state index is 0.0169. The van der Waals surface area contributed by atoms with E-state index >= 15 is 0 Å². The Bertz CT molecular complexity index is 435. The Morgan fingerprint density at radius 1 is 1.39 bits per heavy atom. The van der Waals surface area contributed by atoms with Crippen molar-refractivity contribution in [3.8, 4) is 11.5 Å². The van der Waals surface area contributed by atoms with E-state index in [1.807, 2.05) is 6.07 Å². The molecule has 1 saturated heterocycles. The summed E-state index contributed by atoms with van der Waals surface area (Å²) in [5.41, 5.74) is 0.982.